The molecule has 1 N–H and O–H groups in total. The lowest BCUT2D eigenvalue weighted by atomic mass is 10.2. The van der Waals surface area contributed by atoms with E-state index in [-0.39, 0.29) is 0 Å². The minimum atomic E-state index is -4.32. The second kappa shape index (κ2) is 6.25. The van der Waals surface area contributed by atoms with E-state index in [0.717, 1.165) is 12.1 Å². The van der Waals surface area contributed by atoms with Crippen LogP contribution in [0.3, 0.4) is 0 Å². The number of nitrogens with one attached hydrogen (secondary N) is 1. The zero-order valence-corrected chi connectivity index (χ0v) is 10.4. The van der Waals surface area contributed by atoms with Gasteiger partial charge < -0.3 is 14.8 Å². The first-order valence-corrected chi connectivity index (χ1v) is 6.12. The quantitative estimate of drug-likeness (QED) is 0.613. The van der Waals surface area contributed by atoms with E-state index in [4.69, 9.17) is 4.74 Å². The van der Waals surface area contributed by atoms with E-state index in [0.29, 0.717) is 11.8 Å². The summed E-state index contributed by atoms with van der Waals surface area (Å²) in [6, 6.07) is 7.85. The summed E-state index contributed by atoms with van der Waals surface area (Å²) < 4.78 is 45.0. The van der Waals surface area contributed by atoms with Gasteiger partial charge in [-0.1, -0.05) is 12.1 Å². The monoisotopic (exact) mass is 275 g/mol. The Morgan fingerprint density at radius 2 is 2.05 bits per heavy atom. The average Bonchev–Trinajstić information content (AvgIpc) is 3.16. The molecule has 19 heavy (non-hydrogen) atoms. The van der Waals surface area contributed by atoms with Crippen LogP contribution in [0.4, 0.5) is 13.2 Å². The zero-order chi connectivity index (χ0) is 13.7. The maximum absolute atomic E-state index is 11.8. The van der Waals surface area contributed by atoms with E-state index < -0.39 is 19.6 Å². The van der Waals surface area contributed by atoms with Gasteiger partial charge >= 0.3 is 6.18 Å². The number of hydrogen-bond donors (Lipinski definition) is 1. The normalized spacial score (nSPS) is 15.5. The van der Waals surface area contributed by atoms with E-state index in [1.165, 1.54) is 12.8 Å². The van der Waals surface area contributed by atoms with Gasteiger partial charge in [0.05, 0.1) is 0 Å². The van der Waals surface area contributed by atoms with Crippen molar-refractivity contribution in [1.82, 2.24) is 5.32 Å². The minimum Gasteiger partial charge on any atom is -0.468 e. The molecule has 0 aliphatic heterocycles. The second-order valence-electron chi connectivity index (χ2n) is 4.53. The Kier molecular flexibility index (Phi) is 4.66. The predicted octanol–water partition coefficient (Wildman–Crippen LogP) is 2.85. The van der Waals surface area contributed by atoms with Crippen molar-refractivity contribution < 1.29 is 22.6 Å². The molecule has 0 aromatic heterocycles. The van der Waals surface area contributed by atoms with E-state index in [9.17, 15) is 13.2 Å². The first-order valence-electron chi connectivity index (χ1n) is 6.12. The summed E-state index contributed by atoms with van der Waals surface area (Å²) in [5.41, 5.74) is 1.04. The van der Waals surface area contributed by atoms with Crippen molar-refractivity contribution in [1.29, 1.82) is 0 Å². The van der Waals surface area contributed by atoms with Gasteiger partial charge in [0.25, 0.3) is 0 Å². The Bertz CT molecular complexity index is 405. The molecular formula is C13H16F3NO2. The Morgan fingerprint density at radius 1 is 1.26 bits per heavy atom. The van der Waals surface area contributed by atoms with Crippen LogP contribution in [0.2, 0.25) is 0 Å². The van der Waals surface area contributed by atoms with Crippen LogP contribution in [0.1, 0.15) is 18.4 Å². The summed E-state index contributed by atoms with van der Waals surface area (Å²) in [6.07, 6.45) is -1.90. The van der Waals surface area contributed by atoms with Gasteiger partial charge in [-0.15, -0.1) is 0 Å². The van der Waals surface area contributed by atoms with E-state index >= 15 is 0 Å². The van der Waals surface area contributed by atoms with Crippen LogP contribution in [0, 0.1) is 0 Å². The van der Waals surface area contributed by atoms with E-state index in [1.807, 2.05) is 12.1 Å². The fraction of sp³-hybridized carbons (Fsp3) is 0.538. The molecule has 106 valence electrons. The van der Waals surface area contributed by atoms with Gasteiger partial charge in [-0.25, -0.2) is 0 Å². The lowest BCUT2D eigenvalue weighted by molar-refractivity contribution is -0.186. The van der Waals surface area contributed by atoms with Crippen LogP contribution >= 0.6 is 0 Å². The smallest absolute Gasteiger partial charge is 0.411 e. The highest BCUT2D eigenvalue weighted by atomic mass is 19.4. The molecule has 1 aliphatic rings. The van der Waals surface area contributed by atoms with Crippen molar-refractivity contribution in [3.63, 3.8) is 0 Å². The van der Waals surface area contributed by atoms with E-state index in [1.54, 1.807) is 12.1 Å². The average molecular weight is 275 g/mol. The van der Waals surface area contributed by atoms with Crippen molar-refractivity contribution in [2.24, 2.45) is 0 Å². The summed E-state index contributed by atoms with van der Waals surface area (Å²) in [4.78, 5) is 0. The largest absolute Gasteiger partial charge is 0.468 e. The van der Waals surface area contributed by atoms with Crippen molar-refractivity contribution >= 4 is 0 Å². The summed E-state index contributed by atoms with van der Waals surface area (Å²) in [7, 11) is 0. The highest BCUT2D eigenvalue weighted by Crippen LogP contribution is 2.20. The Balaban J connectivity index is 1.71. The minimum absolute atomic E-state index is 0.404. The lowest BCUT2D eigenvalue weighted by Crippen LogP contribution is -2.19. The molecule has 0 bridgehead atoms. The predicted molar refractivity (Wildman–Crippen MR) is 63.8 cm³/mol. The topological polar surface area (TPSA) is 30.5 Å². The Labute approximate surface area is 109 Å². The molecule has 0 spiro atoms. The molecule has 1 aromatic carbocycles. The second-order valence-corrected chi connectivity index (χ2v) is 4.53. The van der Waals surface area contributed by atoms with Gasteiger partial charge in [0, 0.05) is 12.6 Å². The third-order valence-corrected chi connectivity index (χ3v) is 2.65. The van der Waals surface area contributed by atoms with Gasteiger partial charge in [0.1, 0.15) is 12.4 Å². The van der Waals surface area contributed by atoms with Crippen molar-refractivity contribution in [3.8, 4) is 5.75 Å². The van der Waals surface area contributed by atoms with E-state index in [2.05, 4.69) is 10.1 Å². The number of halogens is 3. The van der Waals surface area contributed by atoms with Crippen LogP contribution in [-0.2, 0) is 11.3 Å². The SMILES string of the molecule is FC(F)(F)COCOc1cccc(CNC2CC2)c1. The third kappa shape index (κ3) is 5.94. The molecular weight excluding hydrogens is 259 g/mol. The summed E-state index contributed by atoms with van der Waals surface area (Å²) in [6.45, 7) is -0.958. The molecule has 1 fully saturated rings. The molecule has 2 rings (SSSR count). The molecule has 0 atom stereocenters. The van der Waals surface area contributed by atoms with Crippen LogP contribution in [0.5, 0.6) is 5.75 Å². The highest BCUT2D eigenvalue weighted by Gasteiger charge is 2.27. The molecule has 1 aliphatic carbocycles. The lowest BCUT2D eigenvalue weighted by Gasteiger charge is -2.10. The molecule has 6 heteroatoms. The highest BCUT2D eigenvalue weighted by molar-refractivity contribution is 5.28. The standard InChI is InChI=1S/C13H16F3NO2/c14-13(15,16)8-18-9-19-12-3-1-2-10(6-12)7-17-11-4-5-11/h1-3,6,11,17H,4-5,7-9H2. The van der Waals surface area contributed by atoms with Gasteiger partial charge in [-0.3, -0.25) is 0 Å². The number of rotatable bonds is 7. The first-order chi connectivity index (χ1) is 9.03. The van der Waals surface area contributed by atoms with Crippen LogP contribution in [0.25, 0.3) is 0 Å². The first kappa shape index (κ1) is 14.1. The van der Waals surface area contributed by atoms with Crippen LogP contribution < -0.4 is 10.1 Å². The maximum atomic E-state index is 11.8. The fourth-order valence-electron chi connectivity index (χ4n) is 1.56. The summed E-state index contributed by atoms with van der Waals surface area (Å²) in [5, 5.41) is 3.35. The van der Waals surface area contributed by atoms with Crippen molar-refractivity contribution in [3.05, 3.63) is 29.8 Å². The summed E-state index contributed by atoms with van der Waals surface area (Å²) in [5.74, 6) is 0.511. The Morgan fingerprint density at radius 3 is 2.74 bits per heavy atom. The summed E-state index contributed by atoms with van der Waals surface area (Å²) >= 11 is 0. The molecule has 0 amide bonds. The zero-order valence-electron chi connectivity index (χ0n) is 10.4. The van der Waals surface area contributed by atoms with Crippen molar-refractivity contribution in [2.75, 3.05) is 13.4 Å². The number of hydrogen-bond acceptors (Lipinski definition) is 3. The van der Waals surface area contributed by atoms with Crippen molar-refractivity contribution in [2.45, 2.75) is 31.6 Å². The van der Waals surface area contributed by atoms with Gasteiger partial charge in [0.15, 0.2) is 6.79 Å². The molecule has 1 aromatic rings. The molecule has 1 saturated carbocycles. The van der Waals surface area contributed by atoms with Gasteiger partial charge in [-0.2, -0.15) is 13.2 Å². The number of benzene rings is 1. The van der Waals surface area contributed by atoms with Gasteiger partial charge in [0.2, 0.25) is 0 Å². The Hall–Kier alpha value is -1.27. The fourth-order valence-corrected chi connectivity index (χ4v) is 1.56. The maximum Gasteiger partial charge on any atom is 0.411 e. The molecule has 0 radical (unpaired) electrons. The molecule has 3 nitrogen and oxygen atoms in total. The number of alkyl halides is 3. The molecule has 0 unspecified atom stereocenters. The molecule has 0 heterocycles. The van der Waals surface area contributed by atoms with Crippen LogP contribution in [0.15, 0.2) is 24.3 Å². The van der Waals surface area contributed by atoms with Crippen LogP contribution in [-0.4, -0.2) is 25.6 Å². The number of ether oxygens (including phenoxy) is 2. The van der Waals surface area contributed by atoms with Gasteiger partial charge in [-0.05, 0) is 30.5 Å². The molecule has 0 saturated heterocycles. The third-order valence-electron chi connectivity index (χ3n) is 2.65.